The number of nitrogens with one attached hydrogen (secondary N) is 1. The van der Waals surface area contributed by atoms with Gasteiger partial charge in [-0.25, -0.2) is 23.0 Å². The maximum Gasteiger partial charge on any atom is 0.274 e. The van der Waals surface area contributed by atoms with Crippen LogP contribution in [0.2, 0.25) is 0 Å². The number of carbonyl (C=O) groups is 1. The summed E-state index contributed by atoms with van der Waals surface area (Å²) in [5.74, 6) is -7.17. The molecule has 0 bridgehead atoms. The second kappa shape index (κ2) is 8.29. The molecular weight excluding hydrogens is 352 g/mol. The molecule has 0 unspecified atom stereocenters. The summed E-state index contributed by atoms with van der Waals surface area (Å²) in [6.45, 7) is 3.82. The molecule has 4 nitrogen and oxygen atoms in total. The van der Waals surface area contributed by atoms with E-state index in [1.807, 2.05) is 13.8 Å². The van der Waals surface area contributed by atoms with Gasteiger partial charge in [0.2, 0.25) is 0 Å². The van der Waals surface area contributed by atoms with Crippen molar-refractivity contribution in [2.75, 3.05) is 0 Å². The first-order chi connectivity index (χ1) is 12.2. The molecule has 2 rings (SSSR count). The second-order valence-corrected chi connectivity index (χ2v) is 6.10. The third-order valence-corrected chi connectivity index (χ3v) is 3.99. The van der Waals surface area contributed by atoms with Crippen molar-refractivity contribution in [2.24, 2.45) is 0 Å². The molecule has 0 aromatic heterocycles. The lowest BCUT2D eigenvalue weighted by molar-refractivity contribution is 0.0706. The van der Waals surface area contributed by atoms with Gasteiger partial charge in [-0.2, -0.15) is 0 Å². The smallest absolute Gasteiger partial charge is 0.274 e. The number of carbonyl (C=O) groups excluding carboxylic acids is 1. The molecule has 0 atom stereocenters. The number of hydrogen-bond donors (Lipinski definition) is 2. The molecule has 0 aliphatic heterocycles. The van der Waals surface area contributed by atoms with E-state index in [1.165, 1.54) is 17.6 Å². The molecule has 1 amide bonds. The van der Waals surface area contributed by atoms with Crippen molar-refractivity contribution in [3.8, 4) is 0 Å². The number of amides is 1. The minimum absolute atomic E-state index is 0.106. The van der Waals surface area contributed by atoms with Crippen molar-refractivity contribution in [1.29, 1.82) is 0 Å². The second-order valence-electron chi connectivity index (χ2n) is 6.10. The molecule has 0 saturated carbocycles. The van der Waals surface area contributed by atoms with Crippen LogP contribution in [0.1, 0.15) is 35.3 Å². The Labute approximate surface area is 148 Å². The van der Waals surface area contributed by atoms with Gasteiger partial charge < -0.3 is 0 Å². The Balaban J connectivity index is 2.21. The van der Waals surface area contributed by atoms with Crippen molar-refractivity contribution in [3.63, 3.8) is 0 Å². The highest BCUT2D eigenvalue weighted by atomic mass is 19.2. The van der Waals surface area contributed by atoms with E-state index >= 15 is 0 Å². The molecule has 2 aromatic carbocycles. The number of hydroxylamine groups is 1. The van der Waals surface area contributed by atoms with Gasteiger partial charge in [-0.3, -0.25) is 14.9 Å². The standard InChI is InChI=1S/C18H18F4N2O2/c1-10(2)24(8-11-3-5-12(6-4-11)18(25)23-26)9-13-7-14(19)16(21)17(22)15(13)20/h3-7,10,26H,8-9H2,1-2H3,(H,23,25). The summed E-state index contributed by atoms with van der Waals surface area (Å²) in [6.07, 6.45) is 0. The minimum atomic E-state index is -1.83. The SMILES string of the molecule is CC(C)N(Cc1ccc(C(=O)NO)cc1)Cc1cc(F)c(F)c(F)c1F. The molecule has 0 heterocycles. The molecule has 26 heavy (non-hydrogen) atoms. The van der Waals surface area contributed by atoms with Crippen LogP contribution in [0, 0.1) is 23.3 Å². The third-order valence-electron chi connectivity index (χ3n) is 3.99. The third kappa shape index (κ3) is 4.39. The summed E-state index contributed by atoms with van der Waals surface area (Å²) >= 11 is 0. The molecule has 0 saturated heterocycles. The molecule has 0 aliphatic rings. The quantitative estimate of drug-likeness (QED) is 0.268. The topological polar surface area (TPSA) is 52.6 Å². The summed E-state index contributed by atoms with van der Waals surface area (Å²) in [6, 6.07) is 6.82. The monoisotopic (exact) mass is 370 g/mol. The lowest BCUT2D eigenvalue weighted by Crippen LogP contribution is -2.30. The Hall–Kier alpha value is -2.45. The van der Waals surface area contributed by atoms with Gasteiger partial charge in [0.1, 0.15) is 0 Å². The van der Waals surface area contributed by atoms with Gasteiger partial charge >= 0.3 is 0 Å². The van der Waals surface area contributed by atoms with Crippen LogP contribution in [0.15, 0.2) is 30.3 Å². The summed E-state index contributed by atoms with van der Waals surface area (Å²) in [5, 5.41) is 8.60. The first-order valence-corrected chi connectivity index (χ1v) is 7.83. The molecule has 0 aliphatic carbocycles. The molecule has 140 valence electrons. The van der Waals surface area contributed by atoms with Crippen molar-refractivity contribution >= 4 is 5.91 Å². The number of benzene rings is 2. The lowest BCUT2D eigenvalue weighted by Gasteiger charge is -2.27. The number of halogens is 4. The Bertz CT molecular complexity index is 795. The van der Waals surface area contributed by atoms with E-state index < -0.39 is 29.2 Å². The van der Waals surface area contributed by atoms with Crippen LogP contribution in [-0.4, -0.2) is 22.1 Å². The van der Waals surface area contributed by atoms with E-state index in [4.69, 9.17) is 5.21 Å². The lowest BCUT2D eigenvalue weighted by atomic mass is 10.1. The maximum absolute atomic E-state index is 13.9. The average molecular weight is 370 g/mol. The van der Waals surface area contributed by atoms with Crippen LogP contribution in [0.25, 0.3) is 0 Å². The van der Waals surface area contributed by atoms with E-state index in [1.54, 1.807) is 17.0 Å². The zero-order valence-electron chi connectivity index (χ0n) is 14.2. The molecular formula is C18H18F4N2O2. The number of rotatable bonds is 6. The zero-order valence-corrected chi connectivity index (χ0v) is 14.2. The van der Waals surface area contributed by atoms with Crippen molar-refractivity contribution in [2.45, 2.75) is 33.0 Å². The van der Waals surface area contributed by atoms with Crippen LogP contribution in [0.3, 0.4) is 0 Å². The fourth-order valence-electron chi connectivity index (χ4n) is 2.44. The molecule has 0 fully saturated rings. The summed E-state index contributed by atoms with van der Waals surface area (Å²) in [7, 11) is 0. The highest BCUT2D eigenvalue weighted by Crippen LogP contribution is 2.22. The maximum atomic E-state index is 13.9. The predicted octanol–water partition coefficient (Wildman–Crippen LogP) is 3.77. The van der Waals surface area contributed by atoms with Crippen LogP contribution in [-0.2, 0) is 13.1 Å². The van der Waals surface area contributed by atoms with Gasteiger partial charge in [0, 0.05) is 30.3 Å². The van der Waals surface area contributed by atoms with Gasteiger partial charge in [-0.1, -0.05) is 12.1 Å². The van der Waals surface area contributed by atoms with Gasteiger partial charge in [0.05, 0.1) is 0 Å². The summed E-state index contributed by atoms with van der Waals surface area (Å²) in [4.78, 5) is 13.0. The van der Waals surface area contributed by atoms with E-state index in [0.29, 0.717) is 12.6 Å². The molecule has 0 radical (unpaired) electrons. The largest absolute Gasteiger partial charge is 0.292 e. The normalized spacial score (nSPS) is 11.3. The van der Waals surface area contributed by atoms with Gasteiger partial charge in [-0.05, 0) is 37.6 Å². The summed E-state index contributed by atoms with van der Waals surface area (Å²) in [5.41, 5.74) is 2.25. The van der Waals surface area contributed by atoms with E-state index in [2.05, 4.69) is 0 Å². The Morgan fingerprint density at radius 1 is 1.04 bits per heavy atom. The van der Waals surface area contributed by atoms with Crippen LogP contribution < -0.4 is 5.48 Å². The van der Waals surface area contributed by atoms with E-state index in [9.17, 15) is 22.4 Å². The fourth-order valence-corrected chi connectivity index (χ4v) is 2.44. The van der Waals surface area contributed by atoms with Gasteiger partial charge in [0.15, 0.2) is 23.3 Å². The van der Waals surface area contributed by atoms with Gasteiger partial charge in [0.25, 0.3) is 5.91 Å². The molecule has 2 N–H and O–H groups in total. The van der Waals surface area contributed by atoms with Crippen LogP contribution >= 0.6 is 0 Å². The van der Waals surface area contributed by atoms with Crippen LogP contribution in [0.5, 0.6) is 0 Å². The van der Waals surface area contributed by atoms with E-state index in [0.717, 1.165) is 5.56 Å². The van der Waals surface area contributed by atoms with Crippen molar-refractivity contribution in [1.82, 2.24) is 10.4 Å². The van der Waals surface area contributed by atoms with Crippen molar-refractivity contribution < 1.29 is 27.6 Å². The molecule has 0 spiro atoms. The Kier molecular flexibility index (Phi) is 6.33. The number of nitrogens with zero attached hydrogens (tertiary/aromatic N) is 1. The fraction of sp³-hybridized carbons (Fsp3) is 0.278. The predicted molar refractivity (Wildman–Crippen MR) is 86.4 cm³/mol. The summed E-state index contributed by atoms with van der Waals surface area (Å²) < 4.78 is 53.8. The first-order valence-electron chi connectivity index (χ1n) is 7.83. The Morgan fingerprint density at radius 2 is 1.65 bits per heavy atom. The average Bonchev–Trinajstić information content (AvgIpc) is 2.63. The highest BCUT2D eigenvalue weighted by Gasteiger charge is 2.21. The van der Waals surface area contributed by atoms with E-state index in [-0.39, 0.29) is 23.7 Å². The molecule has 2 aromatic rings. The molecule has 8 heteroatoms. The minimum Gasteiger partial charge on any atom is -0.292 e. The van der Waals surface area contributed by atoms with Crippen LogP contribution in [0.4, 0.5) is 17.6 Å². The number of hydrogen-bond acceptors (Lipinski definition) is 3. The highest BCUT2D eigenvalue weighted by molar-refractivity contribution is 5.93. The van der Waals surface area contributed by atoms with Gasteiger partial charge in [-0.15, -0.1) is 0 Å². The van der Waals surface area contributed by atoms with Crippen molar-refractivity contribution in [3.05, 3.63) is 70.3 Å². The zero-order chi connectivity index (χ0) is 19.4. The first kappa shape index (κ1) is 19.9. The Morgan fingerprint density at radius 3 is 2.19 bits per heavy atom.